The van der Waals surface area contributed by atoms with E-state index in [2.05, 4.69) is 4.72 Å². The molecule has 8 heteroatoms. The number of fused-ring (bicyclic) bond motifs is 1. The second kappa shape index (κ2) is 7.48. The van der Waals surface area contributed by atoms with Crippen LogP contribution in [0.25, 0.3) is 0 Å². The van der Waals surface area contributed by atoms with E-state index in [1.165, 1.54) is 19.1 Å². The van der Waals surface area contributed by atoms with Crippen molar-refractivity contribution >= 4 is 27.3 Å². The second-order valence-electron chi connectivity index (χ2n) is 6.45. The van der Waals surface area contributed by atoms with Crippen molar-refractivity contribution in [2.45, 2.75) is 31.8 Å². The Morgan fingerprint density at radius 2 is 1.89 bits per heavy atom. The molecule has 0 atom stereocenters. The Morgan fingerprint density at radius 3 is 2.52 bits per heavy atom. The van der Waals surface area contributed by atoms with Crippen LogP contribution >= 0.6 is 0 Å². The summed E-state index contributed by atoms with van der Waals surface area (Å²) in [7, 11) is -3.77. The molecule has 0 saturated carbocycles. The SMILES string of the molecule is CC(=O)N1CCOc2ccc(NS(=O)(=O)c3ccc(OC(C)C)cc3)cc21. The molecule has 3 rings (SSSR count). The smallest absolute Gasteiger partial charge is 0.261 e. The fourth-order valence-corrected chi connectivity index (χ4v) is 3.84. The summed E-state index contributed by atoms with van der Waals surface area (Å²) in [5.74, 6) is 1.03. The molecule has 7 nitrogen and oxygen atoms in total. The predicted octanol–water partition coefficient (Wildman–Crippen LogP) is 3.02. The standard InChI is InChI=1S/C19H22N2O5S/c1-13(2)26-16-5-7-17(8-6-16)27(23,24)20-15-4-9-19-18(12-15)21(14(3)22)10-11-25-19/h4-9,12-13,20H,10-11H2,1-3H3. The zero-order valence-corrected chi connectivity index (χ0v) is 16.2. The van der Waals surface area contributed by atoms with Gasteiger partial charge in [-0.25, -0.2) is 8.42 Å². The van der Waals surface area contributed by atoms with Gasteiger partial charge in [-0.15, -0.1) is 0 Å². The Bertz CT molecular complexity index is 939. The number of carbonyl (C=O) groups excluding carboxylic acids is 1. The van der Waals surface area contributed by atoms with Gasteiger partial charge in [0, 0.05) is 6.92 Å². The highest BCUT2D eigenvalue weighted by molar-refractivity contribution is 7.92. The van der Waals surface area contributed by atoms with Crippen molar-refractivity contribution in [2.75, 3.05) is 22.8 Å². The first kappa shape index (κ1) is 19.0. The van der Waals surface area contributed by atoms with Crippen LogP contribution in [-0.4, -0.2) is 33.6 Å². The number of sulfonamides is 1. The summed E-state index contributed by atoms with van der Waals surface area (Å²) in [5.41, 5.74) is 0.905. The first-order valence-corrected chi connectivity index (χ1v) is 10.1. The van der Waals surface area contributed by atoms with E-state index >= 15 is 0 Å². The van der Waals surface area contributed by atoms with Crippen LogP contribution in [0.3, 0.4) is 0 Å². The Kier molecular flexibility index (Phi) is 5.27. The molecule has 0 radical (unpaired) electrons. The molecule has 0 saturated heterocycles. The molecule has 2 aromatic carbocycles. The minimum absolute atomic E-state index is 0.00696. The third-order valence-electron chi connectivity index (χ3n) is 3.96. The molecule has 0 bridgehead atoms. The van der Waals surface area contributed by atoms with Gasteiger partial charge in [-0.2, -0.15) is 0 Å². The van der Waals surface area contributed by atoms with Crippen LogP contribution in [0.4, 0.5) is 11.4 Å². The zero-order valence-electron chi connectivity index (χ0n) is 15.4. The number of carbonyl (C=O) groups is 1. The first-order chi connectivity index (χ1) is 12.8. The minimum atomic E-state index is -3.77. The van der Waals surface area contributed by atoms with Gasteiger partial charge in [-0.3, -0.25) is 9.52 Å². The molecule has 1 aliphatic rings. The monoisotopic (exact) mass is 390 g/mol. The lowest BCUT2D eigenvalue weighted by atomic mass is 10.2. The third-order valence-corrected chi connectivity index (χ3v) is 5.36. The van der Waals surface area contributed by atoms with Crippen molar-refractivity contribution in [3.05, 3.63) is 42.5 Å². The minimum Gasteiger partial charge on any atom is -0.491 e. The maximum atomic E-state index is 12.7. The highest BCUT2D eigenvalue weighted by Gasteiger charge is 2.23. The number of hydrogen-bond donors (Lipinski definition) is 1. The van der Waals surface area contributed by atoms with Gasteiger partial charge in [0.25, 0.3) is 10.0 Å². The van der Waals surface area contributed by atoms with Gasteiger partial charge in [0.15, 0.2) is 0 Å². The van der Waals surface area contributed by atoms with Crippen molar-refractivity contribution in [2.24, 2.45) is 0 Å². The van der Waals surface area contributed by atoms with E-state index in [0.717, 1.165) is 0 Å². The summed E-state index contributed by atoms with van der Waals surface area (Å²) in [6.45, 7) is 6.09. The molecule has 2 aromatic rings. The van der Waals surface area contributed by atoms with E-state index in [1.54, 1.807) is 35.2 Å². The van der Waals surface area contributed by atoms with Crippen molar-refractivity contribution < 1.29 is 22.7 Å². The number of amides is 1. The van der Waals surface area contributed by atoms with Gasteiger partial charge in [-0.05, 0) is 56.3 Å². The molecule has 1 aliphatic heterocycles. The number of rotatable bonds is 5. The maximum Gasteiger partial charge on any atom is 0.261 e. The van der Waals surface area contributed by atoms with E-state index in [4.69, 9.17) is 9.47 Å². The van der Waals surface area contributed by atoms with Gasteiger partial charge in [0.2, 0.25) is 5.91 Å². The Labute approximate surface area is 158 Å². The molecule has 0 fully saturated rings. The molecule has 0 aromatic heterocycles. The number of nitrogens with zero attached hydrogens (tertiary/aromatic N) is 1. The molecular formula is C19H22N2O5S. The number of hydrogen-bond acceptors (Lipinski definition) is 5. The lowest BCUT2D eigenvalue weighted by molar-refractivity contribution is -0.116. The van der Waals surface area contributed by atoms with E-state index in [9.17, 15) is 13.2 Å². The first-order valence-electron chi connectivity index (χ1n) is 8.61. The van der Waals surface area contributed by atoms with Crippen LogP contribution in [0.5, 0.6) is 11.5 Å². The Hall–Kier alpha value is -2.74. The lowest BCUT2D eigenvalue weighted by Gasteiger charge is -2.29. The second-order valence-corrected chi connectivity index (χ2v) is 8.13. The molecule has 27 heavy (non-hydrogen) atoms. The summed E-state index contributed by atoms with van der Waals surface area (Å²) in [4.78, 5) is 13.5. The largest absolute Gasteiger partial charge is 0.491 e. The third kappa shape index (κ3) is 4.33. The highest BCUT2D eigenvalue weighted by atomic mass is 32.2. The summed E-state index contributed by atoms with van der Waals surface area (Å²) in [6, 6.07) is 11.1. The van der Waals surface area contributed by atoms with Crippen molar-refractivity contribution in [1.82, 2.24) is 0 Å². The molecule has 0 unspecified atom stereocenters. The van der Waals surface area contributed by atoms with Crippen molar-refractivity contribution in [3.8, 4) is 11.5 Å². The van der Waals surface area contributed by atoms with Gasteiger partial charge < -0.3 is 14.4 Å². The summed E-state index contributed by atoms with van der Waals surface area (Å²) in [5, 5.41) is 0. The van der Waals surface area contributed by atoms with Crippen LogP contribution in [0, 0.1) is 0 Å². The van der Waals surface area contributed by atoms with Crippen LogP contribution in [-0.2, 0) is 14.8 Å². The van der Waals surface area contributed by atoms with E-state index < -0.39 is 10.0 Å². The molecule has 1 N–H and O–H groups in total. The molecule has 0 aliphatic carbocycles. The Morgan fingerprint density at radius 1 is 1.19 bits per heavy atom. The number of anilines is 2. The Balaban J connectivity index is 1.84. The van der Waals surface area contributed by atoms with E-state index in [0.29, 0.717) is 36.0 Å². The van der Waals surface area contributed by atoms with Gasteiger partial charge in [0.05, 0.1) is 28.9 Å². The molecule has 1 heterocycles. The predicted molar refractivity (Wildman–Crippen MR) is 103 cm³/mol. The molecular weight excluding hydrogens is 368 g/mol. The van der Waals surface area contributed by atoms with E-state index in [-0.39, 0.29) is 16.9 Å². The lowest BCUT2D eigenvalue weighted by Crippen LogP contribution is -2.36. The molecule has 144 valence electrons. The van der Waals surface area contributed by atoms with E-state index in [1.807, 2.05) is 13.8 Å². The molecule has 0 spiro atoms. The van der Waals surface area contributed by atoms with Crippen molar-refractivity contribution in [3.63, 3.8) is 0 Å². The summed E-state index contributed by atoms with van der Waals surface area (Å²) < 4.78 is 38.9. The van der Waals surface area contributed by atoms with Gasteiger partial charge in [0.1, 0.15) is 18.1 Å². The van der Waals surface area contributed by atoms with Crippen LogP contribution in [0.15, 0.2) is 47.4 Å². The quantitative estimate of drug-likeness (QED) is 0.848. The van der Waals surface area contributed by atoms with Crippen LogP contribution in [0.2, 0.25) is 0 Å². The normalized spacial score (nSPS) is 13.7. The summed E-state index contributed by atoms with van der Waals surface area (Å²) in [6.07, 6.45) is 0.00696. The number of ether oxygens (including phenoxy) is 2. The number of nitrogens with one attached hydrogen (secondary N) is 1. The topological polar surface area (TPSA) is 84.9 Å². The summed E-state index contributed by atoms with van der Waals surface area (Å²) >= 11 is 0. The van der Waals surface area contributed by atoms with Crippen LogP contribution in [0.1, 0.15) is 20.8 Å². The van der Waals surface area contributed by atoms with Gasteiger partial charge >= 0.3 is 0 Å². The van der Waals surface area contributed by atoms with Crippen LogP contribution < -0.4 is 19.1 Å². The fourth-order valence-electron chi connectivity index (χ4n) is 2.79. The fraction of sp³-hybridized carbons (Fsp3) is 0.316. The average molecular weight is 390 g/mol. The maximum absolute atomic E-state index is 12.7. The number of benzene rings is 2. The van der Waals surface area contributed by atoms with Crippen molar-refractivity contribution in [1.29, 1.82) is 0 Å². The average Bonchev–Trinajstić information content (AvgIpc) is 2.60. The molecule has 1 amide bonds. The zero-order chi connectivity index (χ0) is 19.6. The van der Waals surface area contributed by atoms with Gasteiger partial charge in [-0.1, -0.05) is 0 Å². The highest BCUT2D eigenvalue weighted by Crippen LogP contribution is 2.34.